The molecule has 1 aliphatic rings. The summed E-state index contributed by atoms with van der Waals surface area (Å²) in [5, 5.41) is 6.84. The molecule has 0 aromatic heterocycles. The molecule has 1 heterocycles. The summed E-state index contributed by atoms with van der Waals surface area (Å²) < 4.78 is 6.55. The molecule has 0 radical (unpaired) electrons. The van der Waals surface area contributed by atoms with Crippen molar-refractivity contribution in [3.63, 3.8) is 0 Å². The minimum atomic E-state index is 0.415. The van der Waals surface area contributed by atoms with Gasteiger partial charge in [-0.25, -0.2) is 0 Å². The van der Waals surface area contributed by atoms with E-state index in [4.69, 9.17) is 4.74 Å². The van der Waals surface area contributed by atoms with Gasteiger partial charge in [0.25, 0.3) is 0 Å². The first-order valence-corrected chi connectivity index (χ1v) is 6.36. The van der Waals surface area contributed by atoms with Crippen molar-refractivity contribution >= 4 is 21.6 Å². The molecule has 0 bridgehead atoms. The van der Waals surface area contributed by atoms with Crippen LogP contribution in [0.3, 0.4) is 0 Å². The van der Waals surface area contributed by atoms with Crippen LogP contribution >= 0.6 is 15.9 Å². The summed E-state index contributed by atoms with van der Waals surface area (Å²) in [6.45, 7) is 5.57. The van der Waals surface area contributed by atoms with Gasteiger partial charge in [0, 0.05) is 29.3 Å². The molecule has 1 unspecified atom stereocenters. The van der Waals surface area contributed by atoms with E-state index in [9.17, 15) is 0 Å². The molecule has 2 rings (SSSR count). The summed E-state index contributed by atoms with van der Waals surface area (Å²) in [4.78, 5) is 0. The van der Waals surface area contributed by atoms with Crippen LogP contribution in [0.1, 0.15) is 5.56 Å². The fourth-order valence-electron chi connectivity index (χ4n) is 1.75. The Hall–Kier alpha value is -0.580. The number of rotatable bonds is 3. The minimum Gasteiger partial charge on any atom is -0.383 e. The van der Waals surface area contributed by atoms with E-state index in [-0.39, 0.29) is 0 Å². The maximum absolute atomic E-state index is 5.40. The Bertz CT molecular complexity index is 351. The van der Waals surface area contributed by atoms with Crippen molar-refractivity contribution in [2.75, 3.05) is 31.6 Å². The van der Waals surface area contributed by atoms with Crippen molar-refractivity contribution in [3.05, 3.63) is 28.2 Å². The number of nitrogens with one attached hydrogen (secondary N) is 2. The average molecular weight is 285 g/mol. The number of benzene rings is 1. The highest BCUT2D eigenvalue weighted by molar-refractivity contribution is 9.10. The van der Waals surface area contributed by atoms with Crippen molar-refractivity contribution in [2.45, 2.75) is 13.0 Å². The first-order chi connectivity index (χ1) is 7.75. The van der Waals surface area contributed by atoms with Gasteiger partial charge in [0.2, 0.25) is 0 Å². The smallest absolute Gasteiger partial charge is 0.0637 e. The maximum atomic E-state index is 5.40. The summed E-state index contributed by atoms with van der Waals surface area (Å²) in [5.41, 5.74) is 2.41. The number of ether oxygens (including phenoxy) is 1. The summed E-state index contributed by atoms with van der Waals surface area (Å²) in [6.07, 6.45) is 0. The Kier molecular flexibility index (Phi) is 4.21. The van der Waals surface area contributed by atoms with E-state index in [0.717, 1.165) is 36.5 Å². The van der Waals surface area contributed by atoms with Gasteiger partial charge in [-0.15, -0.1) is 0 Å². The standard InChI is InChI=1S/C12H17BrN2O/c1-9-6-10(2-3-12(9)13)15-7-11-8-16-5-4-14-11/h2-3,6,11,14-15H,4-5,7-8H2,1H3. The van der Waals surface area contributed by atoms with Crippen LogP contribution in [0.15, 0.2) is 22.7 Å². The summed E-state index contributed by atoms with van der Waals surface area (Å²) >= 11 is 3.50. The monoisotopic (exact) mass is 284 g/mol. The van der Waals surface area contributed by atoms with Crippen LogP contribution in [0.25, 0.3) is 0 Å². The van der Waals surface area contributed by atoms with Gasteiger partial charge < -0.3 is 15.4 Å². The van der Waals surface area contributed by atoms with Crippen molar-refractivity contribution in [3.8, 4) is 0 Å². The van der Waals surface area contributed by atoms with E-state index in [1.165, 1.54) is 5.56 Å². The molecular formula is C12H17BrN2O. The van der Waals surface area contributed by atoms with E-state index in [0.29, 0.717) is 6.04 Å². The maximum Gasteiger partial charge on any atom is 0.0637 e. The van der Waals surface area contributed by atoms with Crippen molar-refractivity contribution in [2.24, 2.45) is 0 Å². The SMILES string of the molecule is Cc1cc(NCC2COCCN2)ccc1Br. The number of aryl methyl sites for hydroxylation is 1. The average Bonchev–Trinajstić information content (AvgIpc) is 2.32. The normalized spacial score (nSPS) is 20.8. The molecule has 4 heteroatoms. The Morgan fingerprint density at radius 2 is 2.44 bits per heavy atom. The second-order valence-corrected chi connectivity index (χ2v) is 4.93. The largest absolute Gasteiger partial charge is 0.383 e. The molecule has 1 atom stereocenters. The van der Waals surface area contributed by atoms with E-state index in [1.807, 2.05) is 0 Å². The summed E-state index contributed by atoms with van der Waals surface area (Å²) in [7, 11) is 0. The van der Waals surface area contributed by atoms with Gasteiger partial charge in [0.05, 0.1) is 13.2 Å². The highest BCUT2D eigenvalue weighted by atomic mass is 79.9. The first-order valence-electron chi connectivity index (χ1n) is 5.57. The molecule has 0 aliphatic carbocycles. The molecule has 1 aromatic rings. The molecule has 0 amide bonds. The predicted octanol–water partition coefficient (Wildman–Crippen LogP) is 2.16. The third-order valence-corrected chi connectivity index (χ3v) is 3.60. The van der Waals surface area contributed by atoms with E-state index in [1.54, 1.807) is 0 Å². The van der Waals surface area contributed by atoms with Gasteiger partial charge in [-0.1, -0.05) is 15.9 Å². The van der Waals surface area contributed by atoms with Crippen LogP contribution < -0.4 is 10.6 Å². The van der Waals surface area contributed by atoms with Crippen molar-refractivity contribution in [1.29, 1.82) is 0 Å². The van der Waals surface area contributed by atoms with Crippen LogP contribution in [0.4, 0.5) is 5.69 Å². The zero-order valence-corrected chi connectivity index (χ0v) is 11.0. The Labute approximate surface area is 105 Å². The first kappa shape index (κ1) is 11.9. The van der Waals surface area contributed by atoms with Crippen LogP contribution in [0.2, 0.25) is 0 Å². The van der Waals surface area contributed by atoms with Gasteiger partial charge >= 0.3 is 0 Å². The molecular weight excluding hydrogens is 268 g/mol. The zero-order chi connectivity index (χ0) is 11.4. The Morgan fingerprint density at radius 3 is 3.12 bits per heavy atom. The van der Waals surface area contributed by atoms with Gasteiger partial charge in [-0.3, -0.25) is 0 Å². The predicted molar refractivity (Wildman–Crippen MR) is 70.0 cm³/mol. The van der Waals surface area contributed by atoms with Crippen LogP contribution in [0, 0.1) is 6.92 Å². The highest BCUT2D eigenvalue weighted by Gasteiger charge is 2.12. The molecule has 1 aromatic carbocycles. The molecule has 1 aliphatic heterocycles. The molecule has 0 spiro atoms. The number of halogens is 1. The fraction of sp³-hybridized carbons (Fsp3) is 0.500. The molecule has 88 valence electrons. The van der Waals surface area contributed by atoms with Crippen LogP contribution in [-0.2, 0) is 4.74 Å². The Balaban J connectivity index is 1.86. The van der Waals surface area contributed by atoms with Gasteiger partial charge in [0.1, 0.15) is 0 Å². The second kappa shape index (κ2) is 5.66. The molecule has 1 fully saturated rings. The minimum absolute atomic E-state index is 0.415. The number of anilines is 1. The van der Waals surface area contributed by atoms with Gasteiger partial charge in [-0.05, 0) is 30.7 Å². The summed E-state index contributed by atoms with van der Waals surface area (Å²) in [5.74, 6) is 0. The van der Waals surface area contributed by atoms with Crippen LogP contribution in [0.5, 0.6) is 0 Å². The highest BCUT2D eigenvalue weighted by Crippen LogP contribution is 2.19. The lowest BCUT2D eigenvalue weighted by atomic mass is 10.2. The topological polar surface area (TPSA) is 33.3 Å². The molecule has 16 heavy (non-hydrogen) atoms. The third kappa shape index (κ3) is 3.20. The van der Waals surface area contributed by atoms with E-state index >= 15 is 0 Å². The number of hydrogen-bond acceptors (Lipinski definition) is 3. The van der Waals surface area contributed by atoms with Gasteiger partial charge in [0.15, 0.2) is 0 Å². The quantitative estimate of drug-likeness (QED) is 0.893. The lowest BCUT2D eigenvalue weighted by Crippen LogP contribution is -2.45. The molecule has 2 N–H and O–H groups in total. The van der Waals surface area contributed by atoms with E-state index in [2.05, 4.69) is 51.7 Å². The second-order valence-electron chi connectivity index (χ2n) is 4.07. The fourth-order valence-corrected chi connectivity index (χ4v) is 1.99. The van der Waals surface area contributed by atoms with Crippen molar-refractivity contribution < 1.29 is 4.74 Å². The van der Waals surface area contributed by atoms with Gasteiger partial charge in [-0.2, -0.15) is 0 Å². The summed E-state index contributed by atoms with van der Waals surface area (Å²) in [6, 6.07) is 6.72. The van der Waals surface area contributed by atoms with E-state index < -0.39 is 0 Å². The molecule has 3 nitrogen and oxygen atoms in total. The van der Waals surface area contributed by atoms with Crippen LogP contribution in [-0.4, -0.2) is 32.3 Å². The molecule has 1 saturated heterocycles. The number of hydrogen-bond donors (Lipinski definition) is 2. The zero-order valence-electron chi connectivity index (χ0n) is 9.42. The lowest BCUT2D eigenvalue weighted by Gasteiger charge is -2.24. The lowest BCUT2D eigenvalue weighted by molar-refractivity contribution is 0.0806. The Morgan fingerprint density at radius 1 is 1.56 bits per heavy atom. The number of morpholine rings is 1. The molecule has 0 saturated carbocycles. The van der Waals surface area contributed by atoms with Crippen molar-refractivity contribution in [1.82, 2.24) is 5.32 Å². The third-order valence-electron chi connectivity index (χ3n) is 2.71.